The summed E-state index contributed by atoms with van der Waals surface area (Å²) in [7, 11) is 0. The molecule has 1 rings (SSSR count). The Morgan fingerprint density at radius 2 is 1.77 bits per heavy atom. The third kappa shape index (κ3) is 5.64. The van der Waals surface area contributed by atoms with Gasteiger partial charge in [0.1, 0.15) is 0 Å². The zero-order chi connectivity index (χ0) is 8.27. The van der Waals surface area contributed by atoms with E-state index in [0.29, 0.717) is 0 Å². The van der Waals surface area contributed by atoms with Crippen LogP contribution < -0.4 is 28.7 Å². The Balaban J connectivity index is 0. The molecular formula is C10H13IMgO. The summed E-state index contributed by atoms with van der Waals surface area (Å²) in [6, 6.07) is 7.78. The number of para-hydroxylation sites is 1. The fourth-order valence-corrected chi connectivity index (χ4v) is 0.873. The quantitative estimate of drug-likeness (QED) is 0.398. The van der Waals surface area contributed by atoms with Gasteiger partial charge in [0.15, 0.2) is 0 Å². The molecule has 0 N–H and O–H groups in total. The molecule has 0 spiro atoms. The third-order valence-corrected chi connectivity index (χ3v) is 1.34. The van der Waals surface area contributed by atoms with Crippen LogP contribution in [0.3, 0.4) is 0 Å². The van der Waals surface area contributed by atoms with Crippen LogP contribution >= 0.6 is 0 Å². The van der Waals surface area contributed by atoms with Crippen LogP contribution in [0.5, 0.6) is 5.75 Å². The molecular weight excluding hydrogens is 287 g/mol. The van der Waals surface area contributed by atoms with Crippen molar-refractivity contribution in [1.29, 1.82) is 0 Å². The standard InChI is InChI=1S/C10H13O.HI.Mg/c1-8(2)11-10-7-5-4-6-9(10)3;;/h4-8H,3H2,1-2H3;1H;/q-1;;+2/p-1. The molecule has 0 saturated heterocycles. The van der Waals surface area contributed by atoms with E-state index < -0.39 is 0 Å². The van der Waals surface area contributed by atoms with Crippen molar-refractivity contribution in [2.75, 3.05) is 0 Å². The minimum atomic E-state index is 0. The van der Waals surface area contributed by atoms with Crippen molar-refractivity contribution in [2.24, 2.45) is 0 Å². The van der Waals surface area contributed by atoms with Crippen molar-refractivity contribution in [3.63, 3.8) is 0 Å². The minimum Gasteiger partial charge on any atom is -1.00 e. The maximum atomic E-state index is 5.48. The van der Waals surface area contributed by atoms with Crippen molar-refractivity contribution >= 4 is 23.1 Å². The van der Waals surface area contributed by atoms with Gasteiger partial charge in [-0.3, -0.25) is 0 Å². The summed E-state index contributed by atoms with van der Waals surface area (Å²) in [6.07, 6.45) is 0.220. The van der Waals surface area contributed by atoms with Crippen molar-refractivity contribution in [3.8, 4) is 5.75 Å². The number of hydrogen-bond donors (Lipinski definition) is 0. The molecule has 0 atom stereocenters. The molecule has 0 aliphatic rings. The topological polar surface area (TPSA) is 9.23 Å². The molecule has 1 aromatic rings. The molecule has 1 aromatic carbocycles. The molecule has 0 unspecified atom stereocenters. The molecule has 0 saturated carbocycles. The second-order valence-corrected chi connectivity index (χ2v) is 2.77. The molecule has 13 heavy (non-hydrogen) atoms. The first-order valence-electron chi connectivity index (χ1n) is 3.78. The van der Waals surface area contributed by atoms with Gasteiger partial charge >= 0.3 is 23.1 Å². The van der Waals surface area contributed by atoms with E-state index in [1.807, 2.05) is 38.1 Å². The minimum absolute atomic E-state index is 0. The van der Waals surface area contributed by atoms with Crippen LogP contribution in [0.15, 0.2) is 24.3 Å². The first kappa shape index (κ1) is 15.8. The van der Waals surface area contributed by atoms with Crippen LogP contribution in [-0.4, -0.2) is 29.2 Å². The molecule has 3 heteroatoms. The molecule has 0 amide bonds. The van der Waals surface area contributed by atoms with Crippen molar-refractivity contribution in [3.05, 3.63) is 36.8 Å². The number of ether oxygens (including phenoxy) is 1. The maximum absolute atomic E-state index is 5.48. The fraction of sp³-hybridized carbons (Fsp3) is 0.300. The number of halogens is 1. The zero-order valence-electron chi connectivity index (χ0n) is 8.09. The van der Waals surface area contributed by atoms with Gasteiger partial charge in [-0.1, -0.05) is 12.1 Å². The Hall–Kier alpha value is 0.386. The Morgan fingerprint density at radius 1 is 1.23 bits per heavy atom. The molecule has 0 aromatic heterocycles. The van der Waals surface area contributed by atoms with Crippen molar-refractivity contribution in [2.45, 2.75) is 20.0 Å². The maximum Gasteiger partial charge on any atom is 2.00 e. The molecule has 0 heterocycles. The normalized spacial score (nSPS) is 8.54. The van der Waals surface area contributed by atoms with Gasteiger partial charge in [-0.25, -0.2) is 0 Å². The van der Waals surface area contributed by atoms with E-state index in [1.54, 1.807) is 0 Å². The Labute approximate surface area is 113 Å². The molecule has 0 fully saturated rings. The van der Waals surface area contributed by atoms with Gasteiger partial charge in [0, 0.05) is 5.75 Å². The third-order valence-electron chi connectivity index (χ3n) is 1.34. The average molecular weight is 300 g/mol. The molecule has 0 radical (unpaired) electrons. The Bertz CT molecular complexity index is 238. The molecule has 0 aliphatic heterocycles. The second kappa shape index (κ2) is 7.76. The largest absolute Gasteiger partial charge is 2.00 e. The summed E-state index contributed by atoms with van der Waals surface area (Å²) in [4.78, 5) is 0. The van der Waals surface area contributed by atoms with Gasteiger partial charge < -0.3 is 28.7 Å². The summed E-state index contributed by atoms with van der Waals surface area (Å²) in [5.41, 5.74) is 0.946. The number of rotatable bonds is 2. The van der Waals surface area contributed by atoms with Crippen LogP contribution in [0.1, 0.15) is 19.4 Å². The van der Waals surface area contributed by atoms with Crippen LogP contribution in [0.2, 0.25) is 0 Å². The monoisotopic (exact) mass is 300 g/mol. The van der Waals surface area contributed by atoms with Crippen molar-refractivity contribution < 1.29 is 28.7 Å². The van der Waals surface area contributed by atoms with Gasteiger partial charge in [0.25, 0.3) is 0 Å². The van der Waals surface area contributed by atoms with E-state index in [4.69, 9.17) is 4.74 Å². The van der Waals surface area contributed by atoms with E-state index in [2.05, 4.69) is 6.92 Å². The van der Waals surface area contributed by atoms with Crippen molar-refractivity contribution in [1.82, 2.24) is 0 Å². The number of hydrogen-bond acceptors (Lipinski definition) is 1. The number of benzene rings is 1. The average Bonchev–Trinajstić information content (AvgIpc) is 1.93. The smallest absolute Gasteiger partial charge is 1.00 e. The van der Waals surface area contributed by atoms with E-state index in [-0.39, 0.29) is 53.1 Å². The predicted molar refractivity (Wildman–Crippen MR) is 52.4 cm³/mol. The molecule has 0 aliphatic carbocycles. The van der Waals surface area contributed by atoms with Gasteiger partial charge in [-0.05, 0) is 13.8 Å². The van der Waals surface area contributed by atoms with Crippen LogP contribution in [-0.2, 0) is 0 Å². The van der Waals surface area contributed by atoms with Gasteiger partial charge in [0.05, 0.1) is 6.10 Å². The summed E-state index contributed by atoms with van der Waals surface area (Å²) >= 11 is 0. The van der Waals surface area contributed by atoms with Gasteiger partial charge in [-0.2, -0.15) is 18.6 Å². The summed E-state index contributed by atoms with van der Waals surface area (Å²) in [6.45, 7) is 7.86. The summed E-state index contributed by atoms with van der Waals surface area (Å²) < 4.78 is 5.48. The van der Waals surface area contributed by atoms with E-state index >= 15 is 0 Å². The zero-order valence-corrected chi connectivity index (χ0v) is 11.7. The van der Waals surface area contributed by atoms with Crippen LogP contribution in [0, 0.1) is 6.92 Å². The molecule has 68 valence electrons. The second-order valence-electron chi connectivity index (χ2n) is 2.77. The van der Waals surface area contributed by atoms with Gasteiger partial charge in [-0.15, -0.1) is 6.07 Å². The Kier molecular flexibility index (Phi) is 9.45. The predicted octanol–water partition coefficient (Wildman–Crippen LogP) is -0.721. The van der Waals surface area contributed by atoms with E-state index in [1.165, 1.54) is 0 Å². The first-order chi connectivity index (χ1) is 5.20. The molecule has 0 bridgehead atoms. The summed E-state index contributed by atoms with van der Waals surface area (Å²) in [5.74, 6) is 0.877. The van der Waals surface area contributed by atoms with Crippen LogP contribution in [0.25, 0.3) is 0 Å². The van der Waals surface area contributed by atoms with Gasteiger partial charge in [0.2, 0.25) is 0 Å². The molecule has 1 nitrogen and oxygen atoms in total. The Morgan fingerprint density at radius 3 is 2.23 bits per heavy atom. The van der Waals surface area contributed by atoms with E-state index in [0.717, 1.165) is 11.3 Å². The summed E-state index contributed by atoms with van der Waals surface area (Å²) in [5, 5.41) is 0. The SMILES string of the molecule is [CH2-]c1ccccc1OC(C)C.[I-].[Mg+2]. The van der Waals surface area contributed by atoms with E-state index in [9.17, 15) is 0 Å². The van der Waals surface area contributed by atoms with Crippen LogP contribution in [0.4, 0.5) is 0 Å². The fourth-order valence-electron chi connectivity index (χ4n) is 0.873. The first-order valence-corrected chi connectivity index (χ1v) is 3.78.